The molecule has 0 radical (unpaired) electrons. The van der Waals surface area contributed by atoms with E-state index in [4.69, 9.17) is 9.15 Å². The summed E-state index contributed by atoms with van der Waals surface area (Å²) in [6.45, 7) is 9.85. The van der Waals surface area contributed by atoms with Crippen molar-refractivity contribution in [2.75, 3.05) is 18.6 Å². The van der Waals surface area contributed by atoms with Gasteiger partial charge in [0.25, 0.3) is 0 Å². The molecular weight excluding hydrogens is 470 g/mol. The van der Waals surface area contributed by atoms with Gasteiger partial charge in [-0.3, -0.25) is 0 Å². The van der Waals surface area contributed by atoms with Crippen molar-refractivity contribution in [1.82, 2.24) is 10.2 Å². The van der Waals surface area contributed by atoms with Crippen molar-refractivity contribution in [2.45, 2.75) is 58.4 Å². The normalized spacial score (nSPS) is 17.3. The molecule has 0 spiro atoms. The smallest absolute Gasteiger partial charge is 0.240 e. The van der Waals surface area contributed by atoms with Crippen LogP contribution in [0.2, 0.25) is 0 Å². The maximum Gasteiger partial charge on any atom is 0.240 e. The van der Waals surface area contributed by atoms with Crippen LogP contribution in [0.25, 0.3) is 12.2 Å². The third-order valence-electron chi connectivity index (χ3n) is 7.69. The topological polar surface area (TPSA) is 51.4 Å². The van der Waals surface area contributed by atoms with Crippen LogP contribution in [-0.2, 0) is 18.4 Å². The van der Waals surface area contributed by atoms with Gasteiger partial charge in [0.1, 0.15) is 5.75 Å². The second-order valence-corrected chi connectivity index (χ2v) is 10.5. The molecule has 0 saturated heterocycles. The Balaban J connectivity index is 1.50. The first-order chi connectivity index (χ1) is 18.4. The van der Waals surface area contributed by atoms with Crippen LogP contribution in [0.15, 0.2) is 71.1 Å². The van der Waals surface area contributed by atoms with Gasteiger partial charge >= 0.3 is 0 Å². The molecule has 196 valence electrons. The Labute approximate surface area is 226 Å². The monoisotopic (exact) mass is 507 g/mol. The summed E-state index contributed by atoms with van der Waals surface area (Å²) in [6, 6.07) is 24.4. The zero-order valence-electron chi connectivity index (χ0n) is 23.1. The molecule has 0 N–H and O–H groups in total. The average molecular weight is 508 g/mol. The summed E-state index contributed by atoms with van der Waals surface area (Å²) in [5.41, 5.74) is 7.25. The van der Waals surface area contributed by atoms with Crippen LogP contribution >= 0.6 is 0 Å². The van der Waals surface area contributed by atoms with E-state index in [1.54, 1.807) is 7.11 Å². The van der Waals surface area contributed by atoms with E-state index in [2.05, 4.69) is 110 Å². The summed E-state index contributed by atoms with van der Waals surface area (Å²) < 4.78 is 11.3. The average Bonchev–Trinajstić information content (AvgIpc) is 3.40. The predicted molar refractivity (Wildman–Crippen MR) is 155 cm³/mol. The number of fused-ring (bicyclic) bond motifs is 1. The van der Waals surface area contributed by atoms with E-state index in [1.165, 1.54) is 27.9 Å². The maximum atomic E-state index is 5.70. The molecule has 3 aromatic carbocycles. The Morgan fingerprint density at radius 2 is 1.76 bits per heavy atom. The summed E-state index contributed by atoms with van der Waals surface area (Å²) in [4.78, 5) is 2.55. The molecule has 1 aliphatic rings. The quantitative estimate of drug-likeness (QED) is 0.245. The van der Waals surface area contributed by atoms with Crippen molar-refractivity contribution in [2.24, 2.45) is 0 Å². The lowest BCUT2D eigenvalue weighted by Gasteiger charge is -2.48. The first kappa shape index (κ1) is 25.8. The van der Waals surface area contributed by atoms with Crippen molar-refractivity contribution in [3.63, 3.8) is 0 Å². The Hall–Kier alpha value is -3.86. The molecule has 0 aliphatic carbocycles. The van der Waals surface area contributed by atoms with Gasteiger partial charge in [-0.15, -0.1) is 10.2 Å². The minimum atomic E-state index is -0.330. The Bertz CT molecular complexity index is 1400. The summed E-state index contributed by atoms with van der Waals surface area (Å²) in [7, 11) is 1.73. The highest BCUT2D eigenvalue weighted by atomic mass is 16.5. The number of benzene rings is 3. The van der Waals surface area contributed by atoms with Crippen LogP contribution in [0, 0.1) is 0 Å². The van der Waals surface area contributed by atoms with E-state index >= 15 is 0 Å². The number of nitrogens with zero attached hydrogens (tertiary/aromatic N) is 3. The predicted octanol–water partition coefficient (Wildman–Crippen LogP) is 7.65. The van der Waals surface area contributed by atoms with Crippen molar-refractivity contribution in [3.8, 4) is 5.75 Å². The van der Waals surface area contributed by atoms with Gasteiger partial charge in [0.05, 0.1) is 12.6 Å². The van der Waals surface area contributed by atoms with Gasteiger partial charge in [-0.1, -0.05) is 63.2 Å². The SMILES string of the molecule is CCCc1nnc(/C=C/c2ccc(C3(C)c4ccc(OC)cc4CCN3c3ccc(C(C)C)cc3)cc2)o1. The van der Waals surface area contributed by atoms with E-state index in [-0.39, 0.29) is 5.54 Å². The number of rotatable bonds is 8. The molecule has 5 heteroatoms. The summed E-state index contributed by atoms with van der Waals surface area (Å²) in [5.74, 6) is 2.64. The van der Waals surface area contributed by atoms with Gasteiger partial charge < -0.3 is 14.1 Å². The third-order valence-corrected chi connectivity index (χ3v) is 7.69. The van der Waals surface area contributed by atoms with Crippen LogP contribution in [0.1, 0.15) is 79.6 Å². The van der Waals surface area contributed by atoms with Gasteiger partial charge in [-0.2, -0.15) is 0 Å². The molecule has 0 amide bonds. The number of anilines is 1. The van der Waals surface area contributed by atoms with Crippen molar-refractivity contribution >= 4 is 17.8 Å². The summed E-state index contributed by atoms with van der Waals surface area (Å²) in [5, 5.41) is 8.24. The van der Waals surface area contributed by atoms with Gasteiger partial charge in [0.15, 0.2) is 0 Å². The van der Waals surface area contributed by atoms with Crippen molar-refractivity contribution in [1.29, 1.82) is 0 Å². The van der Waals surface area contributed by atoms with Crippen LogP contribution in [0.4, 0.5) is 5.69 Å². The minimum absolute atomic E-state index is 0.330. The number of hydrogen-bond donors (Lipinski definition) is 0. The minimum Gasteiger partial charge on any atom is -0.497 e. The molecule has 1 aromatic heterocycles. The van der Waals surface area contributed by atoms with Crippen molar-refractivity contribution < 1.29 is 9.15 Å². The molecule has 1 unspecified atom stereocenters. The Kier molecular flexibility index (Phi) is 7.37. The molecule has 5 rings (SSSR count). The molecule has 0 saturated carbocycles. The second kappa shape index (κ2) is 10.9. The number of aromatic nitrogens is 2. The molecule has 38 heavy (non-hydrogen) atoms. The lowest BCUT2D eigenvalue weighted by atomic mass is 9.76. The lowest BCUT2D eigenvalue weighted by molar-refractivity contribution is 0.411. The largest absolute Gasteiger partial charge is 0.497 e. The lowest BCUT2D eigenvalue weighted by Crippen LogP contribution is -2.49. The van der Waals surface area contributed by atoms with Crippen LogP contribution < -0.4 is 9.64 Å². The van der Waals surface area contributed by atoms with E-state index in [1.807, 2.05) is 12.2 Å². The number of ether oxygens (including phenoxy) is 1. The number of hydrogen-bond acceptors (Lipinski definition) is 5. The fourth-order valence-corrected chi connectivity index (χ4v) is 5.45. The summed E-state index contributed by atoms with van der Waals surface area (Å²) in [6.07, 6.45) is 6.67. The highest BCUT2D eigenvalue weighted by Gasteiger charge is 2.40. The zero-order valence-corrected chi connectivity index (χ0v) is 23.1. The van der Waals surface area contributed by atoms with Crippen molar-refractivity contribution in [3.05, 3.63) is 106 Å². The highest BCUT2D eigenvalue weighted by molar-refractivity contribution is 5.67. The van der Waals surface area contributed by atoms with E-state index in [9.17, 15) is 0 Å². The fraction of sp³-hybridized carbons (Fsp3) is 0.333. The van der Waals surface area contributed by atoms with E-state index in [0.29, 0.717) is 17.7 Å². The molecule has 1 aliphatic heterocycles. The van der Waals surface area contributed by atoms with Gasteiger partial charge in [0.2, 0.25) is 11.8 Å². The first-order valence-corrected chi connectivity index (χ1v) is 13.6. The zero-order chi connectivity index (χ0) is 26.7. The maximum absolute atomic E-state index is 5.70. The van der Waals surface area contributed by atoms with Crippen LogP contribution in [-0.4, -0.2) is 23.9 Å². The third kappa shape index (κ3) is 4.98. The van der Waals surface area contributed by atoms with E-state index < -0.39 is 0 Å². The standard InChI is InChI=1S/C33H37N3O2/c1-6-7-31-34-35-32(38-31)19-10-24-8-13-27(14-9-24)33(4)30-18-17-29(37-5)22-26(30)20-21-36(33)28-15-11-25(12-16-28)23(2)3/h8-19,22-23H,6-7,20-21H2,1-5H3/b19-10+. The van der Waals surface area contributed by atoms with Crippen LogP contribution in [0.5, 0.6) is 5.75 Å². The first-order valence-electron chi connectivity index (χ1n) is 13.6. The fourth-order valence-electron chi connectivity index (χ4n) is 5.45. The van der Waals surface area contributed by atoms with E-state index in [0.717, 1.165) is 37.1 Å². The van der Waals surface area contributed by atoms with Gasteiger partial charge in [-0.05, 0) is 83.8 Å². The molecule has 1 atom stereocenters. The van der Waals surface area contributed by atoms with Crippen LogP contribution in [0.3, 0.4) is 0 Å². The number of methoxy groups -OCH3 is 1. The molecule has 0 fully saturated rings. The molecule has 4 aromatic rings. The van der Waals surface area contributed by atoms with Gasteiger partial charge in [-0.25, -0.2) is 0 Å². The molecule has 2 heterocycles. The summed E-state index contributed by atoms with van der Waals surface area (Å²) >= 11 is 0. The number of aryl methyl sites for hydroxylation is 1. The Morgan fingerprint density at radius 1 is 1.00 bits per heavy atom. The Morgan fingerprint density at radius 3 is 2.45 bits per heavy atom. The highest BCUT2D eigenvalue weighted by Crippen LogP contribution is 2.44. The molecule has 5 nitrogen and oxygen atoms in total. The molecule has 0 bridgehead atoms. The molecular formula is C33H37N3O2. The van der Waals surface area contributed by atoms with Gasteiger partial charge in [0, 0.05) is 24.7 Å². The second-order valence-electron chi connectivity index (χ2n) is 10.5.